The lowest BCUT2D eigenvalue weighted by atomic mass is 10.00. The van der Waals surface area contributed by atoms with Crippen LogP contribution in [-0.4, -0.2) is 59.9 Å². The summed E-state index contributed by atoms with van der Waals surface area (Å²) in [5, 5.41) is 9.84. The van der Waals surface area contributed by atoms with Gasteiger partial charge in [0, 0.05) is 50.7 Å². The van der Waals surface area contributed by atoms with Crippen LogP contribution >= 0.6 is 11.6 Å². The highest BCUT2D eigenvalue weighted by Gasteiger charge is 2.33. The topological polar surface area (TPSA) is 88.0 Å². The van der Waals surface area contributed by atoms with E-state index in [9.17, 15) is 9.90 Å². The lowest BCUT2D eigenvalue weighted by Gasteiger charge is -2.34. The second-order valence-corrected chi connectivity index (χ2v) is 8.87. The van der Waals surface area contributed by atoms with Crippen molar-refractivity contribution in [1.82, 2.24) is 9.97 Å². The highest BCUT2D eigenvalue weighted by Crippen LogP contribution is 2.33. The van der Waals surface area contributed by atoms with Crippen molar-refractivity contribution in [3.63, 3.8) is 0 Å². The van der Waals surface area contributed by atoms with Crippen LogP contribution in [0.5, 0.6) is 11.8 Å². The van der Waals surface area contributed by atoms with Crippen molar-refractivity contribution in [2.75, 3.05) is 36.5 Å². The lowest BCUT2D eigenvalue weighted by molar-refractivity contribution is -0.137. The quantitative estimate of drug-likeness (QED) is 0.666. The molecule has 0 radical (unpaired) electrons. The SMILES string of the molecule is COc1cc(N2CCC(Oc3ccc(N4CC[C@@H](C)[C@@H]4CC(=O)O)cn3)CC2)c(Cl)cn1. The number of ether oxygens (including phenoxy) is 2. The summed E-state index contributed by atoms with van der Waals surface area (Å²) in [5.41, 5.74) is 1.87. The highest BCUT2D eigenvalue weighted by atomic mass is 35.5. The van der Waals surface area contributed by atoms with Crippen molar-refractivity contribution in [3.8, 4) is 11.8 Å². The molecule has 0 saturated carbocycles. The van der Waals surface area contributed by atoms with Gasteiger partial charge < -0.3 is 24.4 Å². The molecule has 2 aliphatic rings. The Kier molecular flexibility index (Phi) is 6.89. The van der Waals surface area contributed by atoms with Crippen LogP contribution in [0.15, 0.2) is 30.6 Å². The number of nitrogens with zero attached hydrogens (tertiary/aromatic N) is 4. The molecule has 2 aromatic heterocycles. The maximum absolute atomic E-state index is 11.2. The minimum absolute atomic E-state index is 0.00373. The monoisotopic (exact) mass is 460 g/mol. The van der Waals surface area contributed by atoms with E-state index in [0.717, 1.165) is 50.3 Å². The molecule has 2 atom stereocenters. The first-order chi connectivity index (χ1) is 15.4. The molecule has 2 aromatic rings. The third kappa shape index (κ3) is 5.01. The van der Waals surface area contributed by atoms with Crippen LogP contribution in [0.3, 0.4) is 0 Å². The second-order valence-electron chi connectivity index (χ2n) is 8.46. The van der Waals surface area contributed by atoms with Crippen LogP contribution in [0, 0.1) is 5.92 Å². The van der Waals surface area contributed by atoms with E-state index < -0.39 is 5.97 Å². The molecular formula is C23H29ClN4O4. The van der Waals surface area contributed by atoms with E-state index in [0.29, 0.717) is 22.7 Å². The Morgan fingerprint density at radius 2 is 1.91 bits per heavy atom. The number of anilines is 2. The predicted molar refractivity (Wildman–Crippen MR) is 123 cm³/mol. The zero-order valence-electron chi connectivity index (χ0n) is 18.4. The fraction of sp³-hybridized carbons (Fsp3) is 0.522. The van der Waals surface area contributed by atoms with E-state index in [1.807, 2.05) is 18.2 Å². The summed E-state index contributed by atoms with van der Waals surface area (Å²) in [5.74, 6) is 0.725. The van der Waals surface area contributed by atoms with Crippen LogP contribution < -0.4 is 19.3 Å². The van der Waals surface area contributed by atoms with Crippen molar-refractivity contribution in [2.24, 2.45) is 5.92 Å². The number of carboxylic acid groups (broad SMARTS) is 1. The summed E-state index contributed by atoms with van der Waals surface area (Å²) in [6.45, 7) is 4.60. The van der Waals surface area contributed by atoms with Crippen LogP contribution in [0.1, 0.15) is 32.6 Å². The third-order valence-corrected chi connectivity index (χ3v) is 6.70. The number of hydrogen-bond acceptors (Lipinski definition) is 7. The normalized spacial score (nSPS) is 21.6. The maximum atomic E-state index is 11.2. The number of piperidine rings is 1. The Morgan fingerprint density at radius 3 is 2.56 bits per heavy atom. The summed E-state index contributed by atoms with van der Waals surface area (Å²) < 4.78 is 11.3. The fourth-order valence-corrected chi connectivity index (χ4v) is 4.80. The summed E-state index contributed by atoms with van der Waals surface area (Å²) in [7, 11) is 1.59. The van der Waals surface area contributed by atoms with Crippen molar-refractivity contribution in [3.05, 3.63) is 35.6 Å². The van der Waals surface area contributed by atoms with Gasteiger partial charge in [0.2, 0.25) is 11.8 Å². The van der Waals surface area contributed by atoms with Gasteiger partial charge in [-0.25, -0.2) is 9.97 Å². The molecule has 172 valence electrons. The maximum Gasteiger partial charge on any atom is 0.305 e. The average molecular weight is 461 g/mol. The molecule has 0 aliphatic carbocycles. The molecule has 4 rings (SSSR count). The molecule has 0 unspecified atom stereocenters. The zero-order valence-corrected chi connectivity index (χ0v) is 19.2. The van der Waals surface area contributed by atoms with Crippen molar-refractivity contribution >= 4 is 28.9 Å². The molecule has 0 amide bonds. The van der Waals surface area contributed by atoms with E-state index in [1.165, 1.54) is 0 Å². The van der Waals surface area contributed by atoms with E-state index in [-0.39, 0.29) is 18.6 Å². The number of rotatable bonds is 7. The Balaban J connectivity index is 1.34. The largest absolute Gasteiger partial charge is 0.481 e. The van der Waals surface area contributed by atoms with Crippen molar-refractivity contribution in [1.29, 1.82) is 0 Å². The van der Waals surface area contributed by atoms with E-state index in [1.54, 1.807) is 19.5 Å². The van der Waals surface area contributed by atoms with Gasteiger partial charge in [-0.2, -0.15) is 0 Å². The minimum Gasteiger partial charge on any atom is -0.481 e. The molecule has 0 bridgehead atoms. The van der Waals surface area contributed by atoms with Gasteiger partial charge in [-0.15, -0.1) is 0 Å². The van der Waals surface area contributed by atoms with Crippen LogP contribution in [0.25, 0.3) is 0 Å². The number of hydrogen-bond donors (Lipinski definition) is 1. The molecular weight excluding hydrogens is 432 g/mol. The predicted octanol–water partition coefficient (Wildman–Crippen LogP) is 3.88. The molecule has 0 spiro atoms. The summed E-state index contributed by atoms with van der Waals surface area (Å²) in [4.78, 5) is 24.2. The van der Waals surface area contributed by atoms with Gasteiger partial charge in [-0.1, -0.05) is 18.5 Å². The first kappa shape index (κ1) is 22.5. The number of carbonyl (C=O) groups is 1. The summed E-state index contributed by atoms with van der Waals surface area (Å²) in [6.07, 6.45) is 6.34. The van der Waals surface area contributed by atoms with Gasteiger partial charge in [-0.05, 0) is 18.4 Å². The number of halogens is 1. The molecule has 9 heteroatoms. The minimum atomic E-state index is -0.764. The number of aliphatic carboxylic acids is 1. The molecule has 0 aromatic carbocycles. The fourth-order valence-electron chi connectivity index (χ4n) is 4.58. The molecule has 1 N–H and O–H groups in total. The molecule has 4 heterocycles. The number of aromatic nitrogens is 2. The highest BCUT2D eigenvalue weighted by molar-refractivity contribution is 6.33. The van der Waals surface area contributed by atoms with E-state index in [2.05, 4.69) is 26.7 Å². The van der Waals surface area contributed by atoms with E-state index >= 15 is 0 Å². The van der Waals surface area contributed by atoms with Crippen LogP contribution in [-0.2, 0) is 4.79 Å². The van der Waals surface area contributed by atoms with Gasteiger partial charge in [0.05, 0.1) is 42.3 Å². The Morgan fingerprint density at radius 1 is 1.16 bits per heavy atom. The average Bonchev–Trinajstić information content (AvgIpc) is 3.15. The van der Waals surface area contributed by atoms with Gasteiger partial charge in [0.1, 0.15) is 6.10 Å². The molecule has 2 aliphatic heterocycles. The van der Waals surface area contributed by atoms with Gasteiger partial charge in [-0.3, -0.25) is 4.79 Å². The molecule has 2 fully saturated rings. The first-order valence-electron chi connectivity index (χ1n) is 11.0. The third-order valence-electron chi connectivity index (χ3n) is 6.41. The number of methoxy groups -OCH3 is 1. The molecule has 2 saturated heterocycles. The zero-order chi connectivity index (χ0) is 22.7. The molecule has 8 nitrogen and oxygen atoms in total. The van der Waals surface area contributed by atoms with Crippen LogP contribution in [0.2, 0.25) is 5.02 Å². The van der Waals surface area contributed by atoms with Gasteiger partial charge in [0.15, 0.2) is 0 Å². The van der Waals surface area contributed by atoms with E-state index in [4.69, 9.17) is 21.1 Å². The Bertz CT molecular complexity index is 934. The Hall–Kier alpha value is -2.74. The smallest absolute Gasteiger partial charge is 0.305 e. The molecule has 32 heavy (non-hydrogen) atoms. The van der Waals surface area contributed by atoms with Crippen LogP contribution in [0.4, 0.5) is 11.4 Å². The van der Waals surface area contributed by atoms with Gasteiger partial charge >= 0.3 is 5.97 Å². The summed E-state index contributed by atoms with van der Waals surface area (Å²) in [6, 6.07) is 5.73. The summed E-state index contributed by atoms with van der Waals surface area (Å²) >= 11 is 6.33. The second kappa shape index (κ2) is 9.81. The lowest BCUT2D eigenvalue weighted by Crippen LogP contribution is -2.38. The Labute approximate surface area is 193 Å². The van der Waals surface area contributed by atoms with Crippen molar-refractivity contribution < 1.29 is 19.4 Å². The first-order valence-corrected chi connectivity index (χ1v) is 11.4. The van der Waals surface area contributed by atoms with Crippen molar-refractivity contribution in [2.45, 2.75) is 44.8 Å². The number of carboxylic acids is 1. The number of pyridine rings is 2. The standard InChI is InChI=1S/C23H29ClN4O4/c1-15-5-10-28(19(15)12-23(29)30)16-3-4-21(25-13-16)32-17-6-8-27(9-7-17)20-11-22(31-2)26-14-18(20)24/h3-4,11,13-15,17,19H,5-10,12H2,1-2H3,(H,29,30)/t15-,19+/m1/s1. The van der Waals surface area contributed by atoms with Gasteiger partial charge in [0.25, 0.3) is 0 Å².